The largest absolute Gasteiger partial charge is 0.343 e. The van der Waals surface area contributed by atoms with Crippen molar-refractivity contribution >= 4 is 22.7 Å². The molecule has 2 aliphatic rings. The van der Waals surface area contributed by atoms with Gasteiger partial charge < -0.3 is 9.80 Å². The Labute approximate surface area is 195 Å². The van der Waals surface area contributed by atoms with E-state index in [0.717, 1.165) is 61.7 Å². The van der Waals surface area contributed by atoms with Crippen LogP contribution >= 0.6 is 0 Å². The molecule has 1 aliphatic carbocycles. The third-order valence-corrected chi connectivity index (χ3v) is 7.03. The van der Waals surface area contributed by atoms with Gasteiger partial charge in [0.25, 0.3) is 5.91 Å². The van der Waals surface area contributed by atoms with Gasteiger partial charge in [0.05, 0.1) is 5.52 Å². The summed E-state index contributed by atoms with van der Waals surface area (Å²) < 4.78 is 0. The van der Waals surface area contributed by atoms with Crippen molar-refractivity contribution in [1.82, 2.24) is 14.8 Å². The van der Waals surface area contributed by atoms with Gasteiger partial charge in [0.2, 0.25) is 5.91 Å². The molecular weight excluding hydrogens is 410 g/mol. The molecule has 0 spiro atoms. The fourth-order valence-electron chi connectivity index (χ4n) is 4.85. The van der Waals surface area contributed by atoms with Gasteiger partial charge in [-0.25, -0.2) is 4.98 Å². The number of piperidine rings is 1. The van der Waals surface area contributed by atoms with E-state index in [1.165, 1.54) is 5.56 Å². The van der Waals surface area contributed by atoms with Gasteiger partial charge in [-0.3, -0.25) is 9.59 Å². The van der Waals surface area contributed by atoms with Crippen LogP contribution in [0.4, 0.5) is 0 Å². The lowest BCUT2D eigenvalue weighted by Crippen LogP contribution is -2.37. The highest BCUT2D eigenvalue weighted by atomic mass is 16.2. The maximum atomic E-state index is 13.3. The topological polar surface area (TPSA) is 53.5 Å². The third kappa shape index (κ3) is 5.08. The monoisotopic (exact) mass is 441 g/mol. The van der Waals surface area contributed by atoms with Crippen LogP contribution in [0.1, 0.15) is 54.2 Å². The molecule has 0 bridgehead atoms. The van der Waals surface area contributed by atoms with Crippen molar-refractivity contribution in [3.05, 3.63) is 77.5 Å². The maximum absolute atomic E-state index is 13.3. The predicted molar refractivity (Wildman–Crippen MR) is 130 cm³/mol. The van der Waals surface area contributed by atoms with Gasteiger partial charge in [0.15, 0.2) is 0 Å². The van der Waals surface area contributed by atoms with Crippen molar-refractivity contribution in [3.8, 4) is 0 Å². The Morgan fingerprint density at radius 3 is 2.30 bits per heavy atom. The van der Waals surface area contributed by atoms with Crippen LogP contribution in [0, 0.1) is 5.92 Å². The van der Waals surface area contributed by atoms with Crippen LogP contribution < -0.4 is 0 Å². The van der Waals surface area contributed by atoms with E-state index < -0.39 is 0 Å². The van der Waals surface area contributed by atoms with Gasteiger partial charge in [0, 0.05) is 38.0 Å². The molecule has 2 heterocycles. The number of likely N-dealkylation sites (tertiary alicyclic amines) is 1. The van der Waals surface area contributed by atoms with Crippen molar-refractivity contribution in [1.29, 1.82) is 0 Å². The van der Waals surface area contributed by atoms with E-state index >= 15 is 0 Å². The van der Waals surface area contributed by atoms with Gasteiger partial charge in [-0.1, -0.05) is 48.5 Å². The van der Waals surface area contributed by atoms with E-state index in [1.54, 1.807) is 6.92 Å². The molecule has 0 unspecified atom stereocenters. The Morgan fingerprint density at radius 1 is 0.909 bits per heavy atom. The van der Waals surface area contributed by atoms with E-state index in [1.807, 2.05) is 46.2 Å². The number of amides is 2. The molecule has 5 heteroatoms. The smallest absolute Gasteiger partial charge is 0.273 e. The molecule has 1 saturated heterocycles. The lowest BCUT2D eigenvalue weighted by atomic mass is 9.90. The Bertz CT molecular complexity index is 1150. The number of pyridine rings is 1. The van der Waals surface area contributed by atoms with Gasteiger partial charge >= 0.3 is 0 Å². The Hall–Kier alpha value is -3.21. The number of rotatable bonds is 6. The van der Waals surface area contributed by atoms with Crippen LogP contribution in [-0.4, -0.2) is 45.7 Å². The molecule has 0 radical (unpaired) electrons. The van der Waals surface area contributed by atoms with Crippen LogP contribution in [0.15, 0.2) is 60.7 Å². The first-order chi connectivity index (χ1) is 16.1. The first-order valence-electron chi connectivity index (χ1n) is 12.1. The lowest BCUT2D eigenvalue weighted by Gasteiger charge is -2.31. The van der Waals surface area contributed by atoms with E-state index in [-0.39, 0.29) is 11.8 Å². The number of fused-ring (bicyclic) bond motifs is 1. The Kier molecular flexibility index (Phi) is 6.12. The normalized spacial score (nSPS) is 16.7. The standard InChI is InChI=1S/C28H31N3O2/c1-20(32)30-16-14-22(15-17-30)18-21-6-8-23(9-7-21)19-31(25-11-12-25)28(33)27-13-10-24-4-2-3-5-26(24)29-27/h2-10,13,22,25H,11-12,14-19H2,1H3. The lowest BCUT2D eigenvalue weighted by molar-refractivity contribution is -0.130. The molecule has 170 valence electrons. The van der Waals surface area contributed by atoms with Gasteiger partial charge in [-0.2, -0.15) is 0 Å². The molecule has 1 saturated carbocycles. The summed E-state index contributed by atoms with van der Waals surface area (Å²) in [6.07, 6.45) is 5.33. The molecule has 2 amide bonds. The van der Waals surface area contributed by atoms with Crippen LogP contribution in [0.5, 0.6) is 0 Å². The van der Waals surface area contributed by atoms with E-state index in [9.17, 15) is 9.59 Å². The number of aromatic nitrogens is 1. The molecule has 0 N–H and O–H groups in total. The summed E-state index contributed by atoms with van der Waals surface area (Å²) in [7, 11) is 0. The highest BCUT2D eigenvalue weighted by molar-refractivity contribution is 5.95. The zero-order valence-corrected chi connectivity index (χ0v) is 19.2. The first-order valence-corrected chi connectivity index (χ1v) is 12.1. The molecule has 5 nitrogen and oxygen atoms in total. The van der Waals surface area contributed by atoms with Crippen molar-refractivity contribution in [3.63, 3.8) is 0 Å². The Balaban J connectivity index is 1.23. The second-order valence-electron chi connectivity index (χ2n) is 9.52. The second kappa shape index (κ2) is 9.34. The van der Waals surface area contributed by atoms with Crippen molar-refractivity contribution in [2.75, 3.05) is 13.1 Å². The molecule has 33 heavy (non-hydrogen) atoms. The second-order valence-corrected chi connectivity index (χ2v) is 9.52. The summed E-state index contributed by atoms with van der Waals surface area (Å²) in [4.78, 5) is 33.4. The number of hydrogen-bond acceptors (Lipinski definition) is 3. The first kappa shape index (κ1) is 21.6. The summed E-state index contributed by atoms with van der Waals surface area (Å²) in [5.41, 5.74) is 3.87. The van der Waals surface area contributed by atoms with Gasteiger partial charge in [-0.05, 0) is 61.3 Å². The number of carbonyl (C=O) groups excluding carboxylic acids is 2. The maximum Gasteiger partial charge on any atom is 0.273 e. The molecular formula is C28H31N3O2. The van der Waals surface area contributed by atoms with Crippen LogP contribution in [0.25, 0.3) is 10.9 Å². The van der Waals surface area contributed by atoms with E-state index in [0.29, 0.717) is 24.2 Å². The van der Waals surface area contributed by atoms with Crippen molar-refractivity contribution in [2.24, 2.45) is 5.92 Å². The van der Waals surface area contributed by atoms with E-state index in [2.05, 4.69) is 29.2 Å². The fourth-order valence-corrected chi connectivity index (χ4v) is 4.85. The molecule has 0 atom stereocenters. The number of benzene rings is 2. The summed E-state index contributed by atoms with van der Waals surface area (Å²) in [5.74, 6) is 0.839. The van der Waals surface area contributed by atoms with Crippen LogP contribution in [-0.2, 0) is 17.8 Å². The molecule has 2 fully saturated rings. The van der Waals surface area contributed by atoms with Crippen molar-refractivity contribution in [2.45, 2.75) is 51.6 Å². The highest BCUT2D eigenvalue weighted by Crippen LogP contribution is 2.30. The van der Waals surface area contributed by atoms with Gasteiger partial charge in [-0.15, -0.1) is 0 Å². The molecule has 2 aromatic carbocycles. The van der Waals surface area contributed by atoms with Crippen LogP contribution in [0.2, 0.25) is 0 Å². The summed E-state index contributed by atoms with van der Waals surface area (Å²) in [6.45, 7) is 4.03. The summed E-state index contributed by atoms with van der Waals surface area (Å²) >= 11 is 0. The molecule has 1 aromatic heterocycles. The average Bonchev–Trinajstić information content (AvgIpc) is 3.68. The fraction of sp³-hybridized carbons (Fsp3) is 0.393. The molecule has 1 aliphatic heterocycles. The number of nitrogens with zero attached hydrogens (tertiary/aromatic N) is 3. The zero-order valence-electron chi connectivity index (χ0n) is 19.2. The molecule has 3 aromatic rings. The number of hydrogen-bond donors (Lipinski definition) is 0. The summed E-state index contributed by atoms with van der Waals surface area (Å²) in [6, 6.07) is 20.8. The van der Waals surface area contributed by atoms with Crippen LogP contribution in [0.3, 0.4) is 0 Å². The van der Waals surface area contributed by atoms with Gasteiger partial charge in [0.1, 0.15) is 5.69 Å². The summed E-state index contributed by atoms with van der Waals surface area (Å²) in [5, 5.41) is 1.05. The van der Waals surface area contributed by atoms with E-state index in [4.69, 9.17) is 0 Å². The highest BCUT2D eigenvalue weighted by Gasteiger charge is 2.33. The minimum absolute atomic E-state index is 0.0181. The minimum atomic E-state index is 0.0181. The Morgan fingerprint density at radius 2 is 1.61 bits per heavy atom. The third-order valence-electron chi connectivity index (χ3n) is 7.03. The quantitative estimate of drug-likeness (QED) is 0.550. The van der Waals surface area contributed by atoms with Crippen molar-refractivity contribution < 1.29 is 9.59 Å². The number of para-hydroxylation sites is 1. The number of carbonyl (C=O) groups is 2. The SMILES string of the molecule is CC(=O)N1CCC(Cc2ccc(CN(C(=O)c3ccc4ccccc4n3)C3CC3)cc2)CC1. The molecule has 5 rings (SSSR count). The average molecular weight is 442 g/mol. The minimum Gasteiger partial charge on any atom is -0.343 e. The zero-order chi connectivity index (χ0) is 22.8. The predicted octanol–water partition coefficient (Wildman–Crippen LogP) is 4.84.